The van der Waals surface area contributed by atoms with Crippen molar-refractivity contribution < 1.29 is 0 Å². The van der Waals surface area contributed by atoms with E-state index in [1.54, 1.807) is 0 Å². The quantitative estimate of drug-likeness (QED) is 0.764. The molecule has 1 atom stereocenters. The van der Waals surface area contributed by atoms with Crippen molar-refractivity contribution in [1.29, 1.82) is 0 Å². The molecule has 1 aromatic heterocycles. The summed E-state index contributed by atoms with van der Waals surface area (Å²) in [5, 5.41) is 3.18. The molecule has 0 aliphatic rings. The third-order valence-electron chi connectivity index (χ3n) is 2.90. The van der Waals surface area contributed by atoms with Crippen LogP contribution in [0.4, 0.5) is 5.82 Å². The van der Waals surface area contributed by atoms with Crippen LogP contribution in [-0.4, -0.2) is 41.0 Å². The van der Waals surface area contributed by atoms with Crippen LogP contribution in [0.5, 0.6) is 0 Å². The number of hydrogen-bond acceptors (Lipinski definition) is 4. The molecule has 0 bridgehead atoms. The van der Waals surface area contributed by atoms with Gasteiger partial charge < -0.3 is 15.2 Å². The molecule has 0 spiro atoms. The zero-order valence-electron chi connectivity index (χ0n) is 10.5. The van der Waals surface area contributed by atoms with E-state index in [4.69, 9.17) is 0 Å². The summed E-state index contributed by atoms with van der Waals surface area (Å²) in [4.78, 5) is 20.3. The van der Waals surface area contributed by atoms with E-state index in [1.165, 1.54) is 6.33 Å². The van der Waals surface area contributed by atoms with E-state index in [0.717, 1.165) is 19.5 Å². The number of rotatable bonds is 6. The first-order chi connectivity index (χ1) is 8.06. The Balaban J connectivity index is 2.46. The summed E-state index contributed by atoms with van der Waals surface area (Å²) < 4.78 is 0.608. The van der Waals surface area contributed by atoms with Crippen LogP contribution in [-0.2, 0) is 0 Å². The number of H-pyrrole nitrogens is 1. The van der Waals surface area contributed by atoms with Gasteiger partial charge >= 0.3 is 0 Å². The molecule has 17 heavy (non-hydrogen) atoms. The molecule has 1 rings (SSSR count). The van der Waals surface area contributed by atoms with E-state index in [1.807, 2.05) is 22.6 Å². The number of nitrogens with one attached hydrogen (secondary N) is 2. The van der Waals surface area contributed by atoms with Crippen LogP contribution >= 0.6 is 22.6 Å². The van der Waals surface area contributed by atoms with Crippen LogP contribution < -0.4 is 10.9 Å². The first-order valence-corrected chi connectivity index (χ1v) is 6.81. The fraction of sp³-hybridized carbons (Fsp3) is 0.636. The Morgan fingerprint density at radius 1 is 1.65 bits per heavy atom. The first kappa shape index (κ1) is 14.4. The molecule has 0 saturated carbocycles. The largest absolute Gasteiger partial charge is 0.368 e. The van der Waals surface area contributed by atoms with Crippen molar-refractivity contribution in [2.75, 3.05) is 25.5 Å². The topological polar surface area (TPSA) is 61.0 Å². The maximum Gasteiger partial charge on any atom is 0.266 e. The van der Waals surface area contributed by atoms with Gasteiger partial charge in [-0.3, -0.25) is 4.79 Å². The number of aromatic amines is 1. The Kier molecular flexibility index (Phi) is 5.90. The molecule has 2 N–H and O–H groups in total. The molecule has 0 amide bonds. The molecule has 0 aromatic carbocycles. The highest BCUT2D eigenvalue weighted by Crippen LogP contribution is 2.08. The lowest BCUT2D eigenvalue weighted by atomic mass is 10.2. The minimum Gasteiger partial charge on any atom is -0.368 e. The van der Waals surface area contributed by atoms with Gasteiger partial charge in [-0.2, -0.15) is 0 Å². The summed E-state index contributed by atoms with van der Waals surface area (Å²) in [5.41, 5.74) is -0.0987. The van der Waals surface area contributed by atoms with Gasteiger partial charge in [0.1, 0.15) is 9.39 Å². The van der Waals surface area contributed by atoms with Crippen molar-refractivity contribution in [2.45, 2.75) is 26.3 Å². The SMILES string of the molecule is CCC(C)N(C)CCNc1nc[nH]c(=O)c1I. The molecule has 0 saturated heterocycles. The molecule has 5 nitrogen and oxygen atoms in total. The van der Waals surface area contributed by atoms with Crippen LogP contribution in [0.2, 0.25) is 0 Å². The highest BCUT2D eigenvalue weighted by atomic mass is 127. The smallest absolute Gasteiger partial charge is 0.266 e. The number of anilines is 1. The summed E-state index contributed by atoms with van der Waals surface area (Å²) in [6.45, 7) is 6.10. The van der Waals surface area contributed by atoms with Gasteiger partial charge in [-0.05, 0) is 43.0 Å². The standard InChI is InChI=1S/C11H19IN4O/c1-4-8(2)16(3)6-5-13-10-9(12)11(17)15-7-14-10/h7-8H,4-6H2,1-3H3,(H2,13,14,15,17). The molecule has 6 heteroatoms. The van der Waals surface area contributed by atoms with Gasteiger partial charge in [0.05, 0.1) is 6.33 Å². The Morgan fingerprint density at radius 2 is 2.35 bits per heavy atom. The average Bonchev–Trinajstić information content (AvgIpc) is 2.33. The number of aromatic nitrogens is 2. The summed E-state index contributed by atoms with van der Waals surface area (Å²) in [5.74, 6) is 0.659. The van der Waals surface area contributed by atoms with Crippen molar-refractivity contribution in [2.24, 2.45) is 0 Å². The number of likely N-dealkylation sites (N-methyl/N-ethyl adjacent to an activating group) is 1. The van der Waals surface area contributed by atoms with E-state index in [9.17, 15) is 4.79 Å². The molecule has 0 fully saturated rings. The van der Waals surface area contributed by atoms with E-state index in [2.05, 4.69) is 41.1 Å². The van der Waals surface area contributed by atoms with E-state index in [0.29, 0.717) is 15.4 Å². The maximum atomic E-state index is 11.3. The minimum absolute atomic E-state index is 0.0987. The highest BCUT2D eigenvalue weighted by Gasteiger charge is 2.07. The molecule has 0 aliphatic heterocycles. The Bertz CT molecular complexity index is 407. The van der Waals surface area contributed by atoms with E-state index >= 15 is 0 Å². The number of hydrogen-bond donors (Lipinski definition) is 2. The fourth-order valence-corrected chi connectivity index (χ4v) is 1.87. The molecule has 0 radical (unpaired) electrons. The van der Waals surface area contributed by atoms with Gasteiger partial charge in [-0.15, -0.1) is 0 Å². The van der Waals surface area contributed by atoms with Gasteiger partial charge in [0, 0.05) is 19.1 Å². The fourth-order valence-electron chi connectivity index (χ4n) is 1.39. The second-order valence-electron chi connectivity index (χ2n) is 4.06. The summed E-state index contributed by atoms with van der Waals surface area (Å²) in [6.07, 6.45) is 2.56. The van der Waals surface area contributed by atoms with Gasteiger partial charge in [0.15, 0.2) is 0 Å². The van der Waals surface area contributed by atoms with Crippen molar-refractivity contribution in [1.82, 2.24) is 14.9 Å². The second kappa shape index (κ2) is 6.95. The van der Waals surface area contributed by atoms with Gasteiger partial charge in [-0.1, -0.05) is 6.92 Å². The van der Waals surface area contributed by atoms with Crippen LogP contribution in [0.3, 0.4) is 0 Å². The third-order valence-corrected chi connectivity index (χ3v) is 3.90. The molecular formula is C11H19IN4O. The molecule has 96 valence electrons. The number of nitrogens with zero attached hydrogens (tertiary/aromatic N) is 2. The third kappa shape index (κ3) is 4.27. The zero-order chi connectivity index (χ0) is 12.8. The van der Waals surface area contributed by atoms with Gasteiger partial charge in [0.2, 0.25) is 0 Å². The molecule has 1 aromatic rings. The highest BCUT2D eigenvalue weighted by molar-refractivity contribution is 14.1. The lowest BCUT2D eigenvalue weighted by Gasteiger charge is -2.23. The van der Waals surface area contributed by atoms with Crippen LogP contribution in [0, 0.1) is 3.57 Å². The normalized spacial score (nSPS) is 12.8. The van der Waals surface area contributed by atoms with Crippen LogP contribution in [0.25, 0.3) is 0 Å². The molecule has 0 aliphatic carbocycles. The van der Waals surface area contributed by atoms with Gasteiger partial charge in [0.25, 0.3) is 5.56 Å². The zero-order valence-corrected chi connectivity index (χ0v) is 12.6. The lowest BCUT2D eigenvalue weighted by Crippen LogP contribution is -2.33. The Labute approximate surface area is 115 Å². The van der Waals surface area contributed by atoms with Crippen molar-refractivity contribution in [3.8, 4) is 0 Å². The van der Waals surface area contributed by atoms with E-state index in [-0.39, 0.29) is 5.56 Å². The Morgan fingerprint density at radius 3 is 3.00 bits per heavy atom. The van der Waals surface area contributed by atoms with E-state index < -0.39 is 0 Å². The lowest BCUT2D eigenvalue weighted by molar-refractivity contribution is 0.261. The summed E-state index contributed by atoms with van der Waals surface area (Å²) in [6, 6.07) is 0.572. The average molecular weight is 350 g/mol. The van der Waals surface area contributed by atoms with Crippen molar-refractivity contribution >= 4 is 28.4 Å². The molecule has 1 heterocycles. The summed E-state index contributed by atoms with van der Waals surface area (Å²) in [7, 11) is 2.10. The molecular weight excluding hydrogens is 331 g/mol. The maximum absolute atomic E-state index is 11.3. The predicted molar refractivity (Wildman–Crippen MR) is 78.4 cm³/mol. The second-order valence-corrected chi connectivity index (χ2v) is 5.14. The van der Waals surface area contributed by atoms with Crippen LogP contribution in [0.15, 0.2) is 11.1 Å². The Hall–Kier alpha value is -0.630. The molecule has 1 unspecified atom stereocenters. The minimum atomic E-state index is -0.0987. The van der Waals surface area contributed by atoms with Gasteiger partial charge in [-0.25, -0.2) is 4.98 Å². The van der Waals surface area contributed by atoms with Crippen LogP contribution in [0.1, 0.15) is 20.3 Å². The first-order valence-electron chi connectivity index (χ1n) is 5.73. The van der Waals surface area contributed by atoms with Crippen molar-refractivity contribution in [3.63, 3.8) is 0 Å². The number of halogens is 1. The van der Waals surface area contributed by atoms with Crippen molar-refractivity contribution in [3.05, 3.63) is 20.3 Å². The predicted octanol–water partition coefficient (Wildman–Crippen LogP) is 1.52. The monoisotopic (exact) mass is 350 g/mol. The summed E-state index contributed by atoms with van der Waals surface area (Å²) >= 11 is 2.00.